The average molecular weight is 233 g/mol. The molecule has 0 bridgehead atoms. The number of halogens is 1. The van der Waals surface area contributed by atoms with Gasteiger partial charge in [-0.3, -0.25) is 0 Å². The van der Waals surface area contributed by atoms with E-state index in [0.717, 1.165) is 18.5 Å². The van der Waals surface area contributed by atoms with E-state index in [0.29, 0.717) is 5.92 Å². The third-order valence-electron chi connectivity index (χ3n) is 4.67. The molecule has 1 atom stereocenters. The summed E-state index contributed by atoms with van der Waals surface area (Å²) in [4.78, 5) is 0. The van der Waals surface area contributed by atoms with Crippen molar-refractivity contribution < 1.29 is 4.39 Å². The van der Waals surface area contributed by atoms with Crippen molar-refractivity contribution in [3.8, 4) is 0 Å². The summed E-state index contributed by atoms with van der Waals surface area (Å²) >= 11 is 0. The molecule has 0 aromatic heterocycles. The van der Waals surface area contributed by atoms with Crippen LogP contribution in [-0.4, -0.2) is 13.6 Å². The molecule has 1 nitrogen and oxygen atoms in total. The molecule has 0 aliphatic heterocycles. The Balaban J connectivity index is 1.94. The maximum absolute atomic E-state index is 14.1. The Kier molecular flexibility index (Phi) is 2.70. The van der Waals surface area contributed by atoms with Crippen LogP contribution >= 0.6 is 0 Å². The van der Waals surface area contributed by atoms with E-state index in [1.54, 1.807) is 6.07 Å². The predicted octanol–water partition coefficient (Wildman–Crippen LogP) is 3.03. The molecule has 2 aliphatic carbocycles. The highest BCUT2D eigenvalue weighted by molar-refractivity contribution is 5.43. The van der Waals surface area contributed by atoms with E-state index in [2.05, 4.69) is 11.4 Å². The van der Waals surface area contributed by atoms with E-state index in [1.807, 2.05) is 13.1 Å². The molecule has 1 aromatic rings. The van der Waals surface area contributed by atoms with Crippen LogP contribution < -0.4 is 5.32 Å². The number of aryl methyl sites for hydroxylation is 1. The summed E-state index contributed by atoms with van der Waals surface area (Å²) in [6.45, 7) is 1.05. The van der Waals surface area contributed by atoms with E-state index >= 15 is 0 Å². The van der Waals surface area contributed by atoms with Crippen molar-refractivity contribution in [2.75, 3.05) is 13.6 Å². The van der Waals surface area contributed by atoms with Gasteiger partial charge in [-0.15, -0.1) is 0 Å². The van der Waals surface area contributed by atoms with Crippen LogP contribution in [0.2, 0.25) is 0 Å². The van der Waals surface area contributed by atoms with Crippen LogP contribution in [0.25, 0.3) is 0 Å². The first-order chi connectivity index (χ1) is 8.28. The Hall–Kier alpha value is -0.890. The number of nitrogens with one attached hydrogen (secondary N) is 1. The van der Waals surface area contributed by atoms with E-state index in [9.17, 15) is 4.39 Å². The molecule has 0 heterocycles. The highest BCUT2D eigenvalue weighted by Crippen LogP contribution is 2.59. The van der Waals surface area contributed by atoms with Gasteiger partial charge in [0.1, 0.15) is 5.82 Å². The molecule has 17 heavy (non-hydrogen) atoms. The van der Waals surface area contributed by atoms with Gasteiger partial charge >= 0.3 is 0 Å². The molecule has 1 aromatic carbocycles. The lowest BCUT2D eigenvalue weighted by Crippen LogP contribution is -2.30. The Bertz CT molecular complexity index is 423. The molecule has 1 spiro atoms. The van der Waals surface area contributed by atoms with Crippen LogP contribution in [0.4, 0.5) is 4.39 Å². The maximum atomic E-state index is 14.1. The standard InChI is InChI=1S/C15H20FN/c1-17-10-7-12-6-5-11-3-2-4-13(16)14(11)15(12)8-9-15/h2-4,12,17H,5-10H2,1H3. The Labute approximate surface area is 102 Å². The fourth-order valence-electron chi connectivity index (χ4n) is 3.68. The average Bonchev–Trinajstić information content (AvgIpc) is 3.10. The van der Waals surface area contributed by atoms with Gasteiger partial charge in [0.25, 0.3) is 0 Å². The summed E-state index contributed by atoms with van der Waals surface area (Å²) in [5, 5.41) is 3.23. The van der Waals surface area contributed by atoms with Gasteiger partial charge in [0.05, 0.1) is 0 Å². The molecule has 0 saturated heterocycles. The lowest BCUT2D eigenvalue weighted by molar-refractivity contribution is 0.318. The summed E-state index contributed by atoms with van der Waals surface area (Å²) in [6.07, 6.45) is 5.86. The number of hydrogen-bond acceptors (Lipinski definition) is 1. The third-order valence-corrected chi connectivity index (χ3v) is 4.67. The molecule has 92 valence electrons. The van der Waals surface area contributed by atoms with Crippen molar-refractivity contribution in [3.63, 3.8) is 0 Å². The second-order valence-electron chi connectivity index (χ2n) is 5.56. The zero-order valence-corrected chi connectivity index (χ0v) is 10.4. The van der Waals surface area contributed by atoms with Crippen LogP contribution in [0.5, 0.6) is 0 Å². The van der Waals surface area contributed by atoms with Crippen molar-refractivity contribution in [3.05, 3.63) is 35.1 Å². The summed E-state index contributed by atoms with van der Waals surface area (Å²) in [7, 11) is 2.00. The first-order valence-corrected chi connectivity index (χ1v) is 6.70. The van der Waals surface area contributed by atoms with E-state index in [4.69, 9.17) is 0 Å². The molecule has 0 amide bonds. The fraction of sp³-hybridized carbons (Fsp3) is 0.600. The van der Waals surface area contributed by atoms with Crippen LogP contribution in [-0.2, 0) is 11.8 Å². The molecule has 1 unspecified atom stereocenters. The molecular formula is C15H20FN. The topological polar surface area (TPSA) is 12.0 Å². The molecule has 1 fully saturated rings. The first-order valence-electron chi connectivity index (χ1n) is 6.70. The summed E-state index contributed by atoms with van der Waals surface area (Å²) in [5.74, 6) is 0.716. The van der Waals surface area contributed by atoms with Crippen molar-refractivity contribution in [2.45, 2.75) is 37.5 Å². The number of fused-ring (bicyclic) bond motifs is 2. The molecule has 1 N–H and O–H groups in total. The van der Waals surface area contributed by atoms with Gasteiger partial charge in [-0.2, -0.15) is 0 Å². The number of rotatable bonds is 3. The summed E-state index contributed by atoms with van der Waals surface area (Å²) in [6, 6.07) is 5.62. The lowest BCUT2D eigenvalue weighted by atomic mass is 9.71. The number of benzene rings is 1. The van der Waals surface area contributed by atoms with Crippen molar-refractivity contribution in [1.82, 2.24) is 5.32 Å². The fourth-order valence-corrected chi connectivity index (χ4v) is 3.68. The molecule has 1 saturated carbocycles. The van der Waals surface area contributed by atoms with E-state index in [-0.39, 0.29) is 11.2 Å². The normalized spacial score (nSPS) is 24.7. The SMILES string of the molecule is CNCCC1CCc2cccc(F)c2C12CC2. The summed E-state index contributed by atoms with van der Waals surface area (Å²) < 4.78 is 14.1. The predicted molar refractivity (Wildman–Crippen MR) is 67.7 cm³/mol. The van der Waals surface area contributed by atoms with Crippen molar-refractivity contribution >= 4 is 0 Å². The molecule has 2 heteroatoms. The minimum Gasteiger partial charge on any atom is -0.320 e. The second-order valence-corrected chi connectivity index (χ2v) is 5.56. The monoisotopic (exact) mass is 233 g/mol. The lowest BCUT2D eigenvalue weighted by Gasteiger charge is -2.34. The van der Waals surface area contributed by atoms with Gasteiger partial charge in [-0.1, -0.05) is 12.1 Å². The quantitative estimate of drug-likeness (QED) is 0.846. The highest BCUT2D eigenvalue weighted by atomic mass is 19.1. The second kappa shape index (κ2) is 4.09. The zero-order valence-electron chi connectivity index (χ0n) is 10.4. The van der Waals surface area contributed by atoms with Gasteiger partial charge in [0.2, 0.25) is 0 Å². The number of hydrogen-bond donors (Lipinski definition) is 1. The Morgan fingerprint density at radius 1 is 1.41 bits per heavy atom. The van der Waals surface area contributed by atoms with Gasteiger partial charge in [0, 0.05) is 5.41 Å². The van der Waals surface area contributed by atoms with Gasteiger partial charge < -0.3 is 5.32 Å². The first kappa shape index (κ1) is 11.2. The van der Waals surface area contributed by atoms with Crippen LogP contribution in [0.15, 0.2) is 18.2 Å². The third kappa shape index (κ3) is 1.70. The molecule has 2 aliphatic rings. The van der Waals surface area contributed by atoms with Crippen molar-refractivity contribution in [2.24, 2.45) is 5.92 Å². The minimum atomic E-state index is 0.0363. The van der Waals surface area contributed by atoms with Gasteiger partial charge in [0.15, 0.2) is 0 Å². The van der Waals surface area contributed by atoms with E-state index in [1.165, 1.54) is 31.2 Å². The highest BCUT2D eigenvalue weighted by Gasteiger charge is 2.53. The Morgan fingerprint density at radius 3 is 2.94 bits per heavy atom. The minimum absolute atomic E-state index is 0.0363. The van der Waals surface area contributed by atoms with Crippen LogP contribution in [0.3, 0.4) is 0 Å². The van der Waals surface area contributed by atoms with Crippen molar-refractivity contribution in [1.29, 1.82) is 0 Å². The van der Waals surface area contributed by atoms with Crippen LogP contribution in [0, 0.1) is 11.7 Å². The molecular weight excluding hydrogens is 213 g/mol. The van der Waals surface area contributed by atoms with Crippen LogP contribution in [0.1, 0.15) is 36.8 Å². The van der Waals surface area contributed by atoms with Gasteiger partial charge in [-0.05, 0) is 68.8 Å². The van der Waals surface area contributed by atoms with E-state index < -0.39 is 0 Å². The summed E-state index contributed by atoms with van der Waals surface area (Å²) in [5.41, 5.74) is 2.53. The zero-order chi connectivity index (χ0) is 11.9. The Morgan fingerprint density at radius 2 is 2.24 bits per heavy atom. The van der Waals surface area contributed by atoms with Gasteiger partial charge in [-0.25, -0.2) is 4.39 Å². The maximum Gasteiger partial charge on any atom is 0.127 e. The molecule has 3 rings (SSSR count). The molecule has 0 radical (unpaired) electrons. The smallest absolute Gasteiger partial charge is 0.127 e. The largest absolute Gasteiger partial charge is 0.320 e.